The summed E-state index contributed by atoms with van der Waals surface area (Å²) in [6, 6.07) is 4.03. The summed E-state index contributed by atoms with van der Waals surface area (Å²) in [4.78, 5) is 15.9. The summed E-state index contributed by atoms with van der Waals surface area (Å²) in [7, 11) is 0. The predicted molar refractivity (Wildman–Crippen MR) is 113 cm³/mol. The highest BCUT2D eigenvalue weighted by Gasteiger charge is 2.46. The molecule has 1 aromatic carbocycles. The van der Waals surface area contributed by atoms with Crippen molar-refractivity contribution in [3.63, 3.8) is 0 Å². The van der Waals surface area contributed by atoms with Gasteiger partial charge < -0.3 is 4.90 Å². The van der Waals surface area contributed by atoms with Crippen molar-refractivity contribution in [3.05, 3.63) is 60.1 Å². The maximum atomic E-state index is 14.5. The van der Waals surface area contributed by atoms with Gasteiger partial charge in [-0.15, -0.1) is 10.2 Å². The van der Waals surface area contributed by atoms with Crippen molar-refractivity contribution in [2.75, 3.05) is 11.4 Å². The van der Waals surface area contributed by atoms with Crippen LogP contribution in [0.25, 0.3) is 23.0 Å². The molecule has 0 unspecified atom stereocenters. The van der Waals surface area contributed by atoms with E-state index in [4.69, 9.17) is 4.98 Å². The molecule has 0 amide bonds. The van der Waals surface area contributed by atoms with Gasteiger partial charge in [0.2, 0.25) is 5.95 Å². The van der Waals surface area contributed by atoms with Crippen LogP contribution in [0.3, 0.4) is 0 Å². The third-order valence-electron chi connectivity index (χ3n) is 6.48. The van der Waals surface area contributed by atoms with E-state index in [0.29, 0.717) is 5.95 Å². The minimum Gasteiger partial charge on any atom is -0.342 e. The predicted octanol–water partition coefficient (Wildman–Crippen LogP) is 3.72. The molecule has 0 bridgehead atoms. The third kappa shape index (κ3) is 2.49. The summed E-state index contributed by atoms with van der Waals surface area (Å²) >= 11 is 0. The van der Waals surface area contributed by atoms with E-state index in [0.717, 1.165) is 55.0 Å². The lowest BCUT2D eigenvalue weighted by Gasteiger charge is -2.48. The summed E-state index contributed by atoms with van der Waals surface area (Å²) < 4.78 is 31.9. The Morgan fingerprint density at radius 3 is 2.84 bits per heavy atom. The van der Waals surface area contributed by atoms with Gasteiger partial charge in [0.15, 0.2) is 23.3 Å². The van der Waals surface area contributed by atoms with Crippen LogP contribution in [0.2, 0.25) is 0 Å². The minimum atomic E-state index is -0.953. The first-order valence-corrected chi connectivity index (χ1v) is 10.5. The van der Waals surface area contributed by atoms with Gasteiger partial charge in [-0.3, -0.25) is 9.13 Å². The fourth-order valence-electron chi connectivity index (χ4n) is 4.86. The lowest BCUT2D eigenvalue weighted by molar-refractivity contribution is 0.309. The monoisotopic (exact) mass is 434 g/mol. The Hall–Kier alpha value is -3.69. The van der Waals surface area contributed by atoms with Gasteiger partial charge in [0, 0.05) is 18.9 Å². The second-order valence-corrected chi connectivity index (χ2v) is 8.39. The number of aryl methyl sites for hydroxylation is 1. The highest BCUT2D eigenvalue weighted by molar-refractivity contribution is 5.65. The zero-order valence-electron chi connectivity index (χ0n) is 17.6. The van der Waals surface area contributed by atoms with Gasteiger partial charge in [0.25, 0.3) is 0 Å². The first-order chi connectivity index (χ1) is 15.5. The van der Waals surface area contributed by atoms with Gasteiger partial charge in [-0.1, -0.05) is 6.07 Å². The smallest absolute Gasteiger partial charge is 0.237 e. The molecular weight excluding hydrogens is 414 g/mol. The van der Waals surface area contributed by atoms with E-state index in [1.54, 1.807) is 17.0 Å². The molecule has 0 radical (unpaired) electrons. The molecule has 1 atom stereocenters. The van der Waals surface area contributed by atoms with Crippen molar-refractivity contribution in [2.45, 2.75) is 38.6 Å². The molecule has 0 aliphatic carbocycles. The van der Waals surface area contributed by atoms with Gasteiger partial charge in [-0.25, -0.2) is 18.7 Å². The lowest BCUT2D eigenvalue weighted by atomic mass is 9.86. The summed E-state index contributed by atoms with van der Waals surface area (Å²) in [6.45, 7) is 4.92. The minimum absolute atomic E-state index is 0.0519. The Kier molecular flexibility index (Phi) is 3.96. The van der Waals surface area contributed by atoms with E-state index >= 15 is 0 Å². The van der Waals surface area contributed by atoms with Crippen LogP contribution in [0, 0.1) is 18.6 Å². The topological polar surface area (TPSA) is 77.5 Å². The fraction of sp³-hybridized carbons (Fsp3) is 0.318. The van der Waals surface area contributed by atoms with E-state index in [1.165, 1.54) is 18.3 Å². The Balaban J connectivity index is 1.54. The first-order valence-electron chi connectivity index (χ1n) is 10.5. The number of halogens is 2. The maximum Gasteiger partial charge on any atom is 0.237 e. The van der Waals surface area contributed by atoms with Crippen LogP contribution in [-0.2, 0) is 5.54 Å². The van der Waals surface area contributed by atoms with Crippen molar-refractivity contribution >= 4 is 5.82 Å². The third-order valence-corrected chi connectivity index (χ3v) is 6.48. The van der Waals surface area contributed by atoms with Crippen LogP contribution < -0.4 is 4.90 Å². The zero-order chi connectivity index (χ0) is 22.0. The van der Waals surface area contributed by atoms with Gasteiger partial charge in [-0.05, 0) is 45.2 Å². The normalized spacial score (nSPS) is 19.4. The molecule has 0 saturated carbocycles. The number of imidazole rings is 1. The standard InChI is InChI=1S/C22H20F2N8/c1-13-28-29-20-22(2)8-3-4-10-31(22)19-16(32(13)20)12-26-21(27-19)30-11-9-25-18(30)14-6-5-7-15(23)17(14)24/h5-7,9,11-12H,3-4,8,10H2,1-2H3/t22-/m1/s1. The fourth-order valence-corrected chi connectivity index (χ4v) is 4.86. The molecule has 2 aliphatic heterocycles. The van der Waals surface area contributed by atoms with Crippen LogP contribution >= 0.6 is 0 Å². The van der Waals surface area contributed by atoms with Crippen LogP contribution in [0.15, 0.2) is 36.8 Å². The largest absolute Gasteiger partial charge is 0.342 e. The van der Waals surface area contributed by atoms with E-state index in [1.807, 2.05) is 11.5 Å². The second kappa shape index (κ2) is 6.65. The van der Waals surface area contributed by atoms with Gasteiger partial charge in [0.05, 0.1) is 17.3 Å². The van der Waals surface area contributed by atoms with Crippen LogP contribution in [0.1, 0.15) is 37.8 Å². The summed E-state index contributed by atoms with van der Waals surface area (Å²) in [6.07, 6.45) is 7.99. The van der Waals surface area contributed by atoms with E-state index in [9.17, 15) is 8.78 Å². The molecule has 2 aliphatic rings. The van der Waals surface area contributed by atoms with E-state index in [-0.39, 0.29) is 16.9 Å². The number of hydrogen-bond acceptors (Lipinski definition) is 6. The van der Waals surface area contributed by atoms with Crippen molar-refractivity contribution in [1.82, 2.24) is 34.3 Å². The quantitative estimate of drug-likeness (QED) is 0.479. The molecule has 8 nitrogen and oxygen atoms in total. The Bertz CT molecular complexity index is 1360. The van der Waals surface area contributed by atoms with Crippen LogP contribution in [-0.4, -0.2) is 40.8 Å². The van der Waals surface area contributed by atoms with E-state index < -0.39 is 11.6 Å². The number of anilines is 1. The maximum absolute atomic E-state index is 14.5. The molecule has 0 spiro atoms. The lowest BCUT2D eigenvalue weighted by Crippen LogP contribution is -2.52. The number of rotatable bonds is 2. The van der Waals surface area contributed by atoms with Crippen molar-refractivity contribution < 1.29 is 8.78 Å². The Morgan fingerprint density at radius 2 is 1.97 bits per heavy atom. The number of piperidine rings is 1. The molecule has 0 N–H and O–H groups in total. The highest BCUT2D eigenvalue weighted by Crippen LogP contribution is 2.46. The van der Waals surface area contributed by atoms with Gasteiger partial charge >= 0.3 is 0 Å². The molecule has 1 fully saturated rings. The number of hydrogen-bond donors (Lipinski definition) is 0. The Labute approximate surface area is 182 Å². The number of aromatic nitrogens is 7. The van der Waals surface area contributed by atoms with Crippen LogP contribution in [0.5, 0.6) is 0 Å². The highest BCUT2D eigenvalue weighted by atomic mass is 19.2. The number of fused-ring (bicyclic) bond motifs is 6. The van der Waals surface area contributed by atoms with Gasteiger partial charge in [-0.2, -0.15) is 4.98 Å². The summed E-state index contributed by atoms with van der Waals surface area (Å²) in [5.74, 6) is 1.13. The average Bonchev–Trinajstić information content (AvgIpc) is 3.43. The molecule has 5 heterocycles. The molecule has 10 heteroatoms. The van der Waals surface area contributed by atoms with Crippen LogP contribution in [0.4, 0.5) is 14.6 Å². The number of nitrogens with zero attached hydrogens (tertiary/aromatic N) is 8. The van der Waals surface area contributed by atoms with Crippen molar-refractivity contribution in [2.24, 2.45) is 0 Å². The molecule has 6 rings (SSSR count). The average molecular weight is 434 g/mol. The summed E-state index contributed by atoms with van der Waals surface area (Å²) in [5.41, 5.74) is 0.533. The zero-order valence-corrected chi connectivity index (χ0v) is 17.6. The van der Waals surface area contributed by atoms with Gasteiger partial charge in [0.1, 0.15) is 17.3 Å². The molecule has 1 saturated heterocycles. The molecule has 32 heavy (non-hydrogen) atoms. The first kappa shape index (κ1) is 19.0. The van der Waals surface area contributed by atoms with Crippen molar-refractivity contribution in [1.29, 1.82) is 0 Å². The SMILES string of the molecule is Cc1nnc2n1-c1cnc(-n3ccnc3-c3cccc(F)c3F)nc1N1CCCC[C@]21C. The molecule has 3 aromatic heterocycles. The van der Waals surface area contributed by atoms with E-state index in [2.05, 4.69) is 32.0 Å². The molecular formula is C22H20F2N8. The second-order valence-electron chi connectivity index (χ2n) is 8.39. The molecule has 4 aromatic rings. The molecule has 162 valence electrons. The van der Waals surface area contributed by atoms with Crippen molar-refractivity contribution in [3.8, 4) is 23.0 Å². The Morgan fingerprint density at radius 1 is 1.09 bits per heavy atom. The summed E-state index contributed by atoms with van der Waals surface area (Å²) in [5, 5.41) is 8.79. The number of benzene rings is 1.